The molecule has 0 bridgehead atoms. The molecule has 0 atom stereocenters. The molecule has 0 saturated heterocycles. The molecule has 182 valence electrons. The zero-order chi connectivity index (χ0) is 25.6. The summed E-state index contributed by atoms with van der Waals surface area (Å²) in [5, 5.41) is 16.4. The molecule has 0 saturated carbocycles. The first-order valence-corrected chi connectivity index (χ1v) is 11.4. The van der Waals surface area contributed by atoms with Gasteiger partial charge >= 0.3 is 6.09 Å². The van der Waals surface area contributed by atoms with Crippen LogP contribution in [0.2, 0.25) is 0 Å². The van der Waals surface area contributed by atoms with Crippen molar-refractivity contribution in [2.24, 2.45) is 0 Å². The second-order valence-electron chi connectivity index (χ2n) is 8.35. The predicted octanol–water partition coefficient (Wildman–Crippen LogP) is 6.35. The minimum Gasteiger partial charge on any atom is -0.495 e. The third-order valence-electron chi connectivity index (χ3n) is 4.50. The lowest BCUT2D eigenvalue weighted by atomic mass is 10.1. The highest BCUT2D eigenvalue weighted by Gasteiger charge is 2.19. The van der Waals surface area contributed by atoms with Gasteiger partial charge in [-0.1, -0.05) is 23.9 Å². The number of anilines is 2. The highest BCUT2D eigenvalue weighted by atomic mass is 32.2. The Morgan fingerprint density at radius 2 is 1.66 bits per heavy atom. The summed E-state index contributed by atoms with van der Waals surface area (Å²) >= 11 is 1.26. The standard InChI is InChI=1S/C25H25N3O6S/c1-25(2,3)34-24(30)26-16-9-14-22(35-18-12-10-17(11-13-18)28(31)32)19(15-16)23(29)27-20-7-5-6-8-21(20)33-4/h5-15H,1-4H3,(H,26,30)(H,27,29). The smallest absolute Gasteiger partial charge is 0.412 e. The largest absolute Gasteiger partial charge is 0.495 e. The molecule has 3 aromatic rings. The summed E-state index contributed by atoms with van der Waals surface area (Å²) in [4.78, 5) is 37.3. The first kappa shape index (κ1) is 25.6. The van der Waals surface area contributed by atoms with Gasteiger partial charge in [-0.15, -0.1) is 0 Å². The summed E-state index contributed by atoms with van der Waals surface area (Å²) in [6.45, 7) is 5.26. The van der Waals surface area contributed by atoms with E-state index in [-0.39, 0.29) is 11.3 Å². The van der Waals surface area contributed by atoms with E-state index in [4.69, 9.17) is 9.47 Å². The number of non-ortho nitro benzene ring substituents is 1. The van der Waals surface area contributed by atoms with Crippen molar-refractivity contribution in [2.45, 2.75) is 36.2 Å². The molecule has 2 amide bonds. The highest BCUT2D eigenvalue weighted by Crippen LogP contribution is 2.34. The van der Waals surface area contributed by atoms with Gasteiger partial charge in [0.2, 0.25) is 0 Å². The number of nitro groups is 1. The molecule has 0 heterocycles. The fraction of sp³-hybridized carbons (Fsp3) is 0.200. The molecule has 3 rings (SSSR count). The van der Waals surface area contributed by atoms with Crippen LogP contribution in [-0.2, 0) is 4.74 Å². The average Bonchev–Trinajstić information content (AvgIpc) is 2.79. The van der Waals surface area contributed by atoms with Crippen LogP contribution in [0.1, 0.15) is 31.1 Å². The first-order chi connectivity index (χ1) is 16.6. The van der Waals surface area contributed by atoms with Gasteiger partial charge in [0.05, 0.1) is 23.3 Å². The van der Waals surface area contributed by atoms with Gasteiger partial charge in [0.25, 0.3) is 11.6 Å². The number of carbonyl (C=O) groups is 2. The molecule has 0 aliphatic heterocycles. The van der Waals surface area contributed by atoms with Gasteiger partial charge in [-0.3, -0.25) is 20.2 Å². The van der Waals surface area contributed by atoms with E-state index in [2.05, 4.69) is 10.6 Å². The Morgan fingerprint density at radius 3 is 2.29 bits per heavy atom. The summed E-state index contributed by atoms with van der Waals surface area (Å²) in [6.07, 6.45) is -0.649. The number of hydrogen-bond acceptors (Lipinski definition) is 7. The highest BCUT2D eigenvalue weighted by molar-refractivity contribution is 7.99. The molecule has 0 fully saturated rings. The van der Waals surface area contributed by atoms with Crippen LogP contribution in [-0.4, -0.2) is 29.6 Å². The number of ether oxygens (including phenoxy) is 2. The molecular weight excluding hydrogens is 470 g/mol. The van der Waals surface area contributed by atoms with Crippen molar-refractivity contribution in [2.75, 3.05) is 17.7 Å². The van der Waals surface area contributed by atoms with Crippen molar-refractivity contribution in [3.63, 3.8) is 0 Å². The Labute approximate surface area is 207 Å². The number of nitrogens with one attached hydrogen (secondary N) is 2. The molecule has 3 aromatic carbocycles. The van der Waals surface area contributed by atoms with Crippen LogP contribution < -0.4 is 15.4 Å². The van der Waals surface area contributed by atoms with E-state index >= 15 is 0 Å². The van der Waals surface area contributed by atoms with Crippen LogP contribution in [0.5, 0.6) is 5.75 Å². The fourth-order valence-electron chi connectivity index (χ4n) is 3.00. The number of amides is 2. The number of nitro benzene ring substituents is 1. The number of carbonyl (C=O) groups excluding carboxylic acids is 2. The number of methoxy groups -OCH3 is 1. The van der Waals surface area contributed by atoms with Gasteiger partial charge in [-0.2, -0.15) is 0 Å². The maximum atomic E-state index is 13.3. The Morgan fingerprint density at radius 1 is 0.971 bits per heavy atom. The van der Waals surface area contributed by atoms with Crippen molar-refractivity contribution in [3.05, 3.63) is 82.4 Å². The van der Waals surface area contributed by atoms with E-state index in [0.29, 0.717) is 26.9 Å². The fourth-order valence-corrected chi connectivity index (χ4v) is 3.92. The van der Waals surface area contributed by atoms with E-state index in [1.165, 1.54) is 31.0 Å². The van der Waals surface area contributed by atoms with Crippen LogP contribution in [0, 0.1) is 10.1 Å². The third kappa shape index (κ3) is 7.21. The zero-order valence-corrected chi connectivity index (χ0v) is 20.5. The van der Waals surface area contributed by atoms with Crippen LogP contribution in [0.4, 0.5) is 21.9 Å². The normalized spacial score (nSPS) is 10.9. The molecule has 0 aromatic heterocycles. The zero-order valence-electron chi connectivity index (χ0n) is 19.7. The lowest BCUT2D eigenvalue weighted by molar-refractivity contribution is -0.384. The number of benzene rings is 3. The number of nitrogens with zero attached hydrogens (tertiary/aromatic N) is 1. The number of para-hydroxylation sites is 2. The van der Waals surface area contributed by atoms with Gasteiger partial charge in [0, 0.05) is 27.6 Å². The van der Waals surface area contributed by atoms with Gasteiger partial charge in [0.15, 0.2) is 0 Å². The molecule has 0 aliphatic carbocycles. The van der Waals surface area contributed by atoms with Crippen molar-refractivity contribution in [3.8, 4) is 5.75 Å². The van der Waals surface area contributed by atoms with Crippen molar-refractivity contribution in [1.82, 2.24) is 0 Å². The van der Waals surface area contributed by atoms with Crippen LogP contribution in [0.3, 0.4) is 0 Å². The topological polar surface area (TPSA) is 120 Å². The maximum absolute atomic E-state index is 13.3. The van der Waals surface area contributed by atoms with Gasteiger partial charge in [-0.25, -0.2) is 4.79 Å². The minimum absolute atomic E-state index is 0.0274. The second-order valence-corrected chi connectivity index (χ2v) is 9.46. The predicted molar refractivity (Wildman–Crippen MR) is 134 cm³/mol. The van der Waals surface area contributed by atoms with E-state index in [1.54, 1.807) is 75.4 Å². The summed E-state index contributed by atoms with van der Waals surface area (Å²) in [7, 11) is 1.51. The van der Waals surface area contributed by atoms with Crippen LogP contribution in [0.25, 0.3) is 0 Å². The summed E-state index contributed by atoms with van der Waals surface area (Å²) in [5.74, 6) is 0.0696. The summed E-state index contributed by atoms with van der Waals surface area (Å²) in [6, 6.07) is 17.9. The Bertz CT molecular complexity index is 1240. The lowest BCUT2D eigenvalue weighted by Gasteiger charge is -2.20. The van der Waals surface area contributed by atoms with E-state index in [0.717, 1.165) is 0 Å². The average molecular weight is 496 g/mol. The van der Waals surface area contributed by atoms with E-state index < -0.39 is 22.5 Å². The molecule has 0 aliphatic rings. The molecule has 2 N–H and O–H groups in total. The molecule has 9 nitrogen and oxygen atoms in total. The molecule has 0 radical (unpaired) electrons. The van der Waals surface area contributed by atoms with Crippen LogP contribution >= 0.6 is 11.8 Å². The Kier molecular flexibility index (Phi) is 7.98. The van der Waals surface area contributed by atoms with Gasteiger partial charge in [-0.05, 0) is 63.2 Å². The first-order valence-electron chi connectivity index (χ1n) is 10.6. The lowest BCUT2D eigenvalue weighted by Crippen LogP contribution is -2.27. The minimum atomic E-state index is -0.681. The Hall–Kier alpha value is -4.05. The quantitative estimate of drug-likeness (QED) is 0.289. The molecule has 0 unspecified atom stereocenters. The Balaban J connectivity index is 1.93. The number of rotatable bonds is 7. The van der Waals surface area contributed by atoms with Crippen molar-refractivity contribution < 1.29 is 24.0 Å². The monoisotopic (exact) mass is 495 g/mol. The van der Waals surface area contributed by atoms with Crippen molar-refractivity contribution in [1.29, 1.82) is 0 Å². The molecule has 0 spiro atoms. The summed E-state index contributed by atoms with van der Waals surface area (Å²) < 4.78 is 10.6. The molecule has 10 heteroatoms. The van der Waals surface area contributed by atoms with E-state index in [9.17, 15) is 19.7 Å². The van der Waals surface area contributed by atoms with E-state index in [1.807, 2.05) is 0 Å². The number of hydrogen-bond donors (Lipinski definition) is 2. The van der Waals surface area contributed by atoms with Crippen molar-refractivity contribution >= 4 is 40.8 Å². The summed E-state index contributed by atoms with van der Waals surface area (Å²) in [5.41, 5.74) is 0.433. The maximum Gasteiger partial charge on any atom is 0.412 e. The van der Waals surface area contributed by atoms with Crippen LogP contribution in [0.15, 0.2) is 76.5 Å². The van der Waals surface area contributed by atoms with Gasteiger partial charge < -0.3 is 14.8 Å². The third-order valence-corrected chi connectivity index (χ3v) is 5.58. The SMILES string of the molecule is COc1ccccc1NC(=O)c1cc(NC(=O)OC(C)(C)C)ccc1Sc1ccc([N+](=O)[O-])cc1. The van der Waals surface area contributed by atoms with Gasteiger partial charge in [0.1, 0.15) is 11.4 Å². The molecule has 35 heavy (non-hydrogen) atoms. The molecular formula is C25H25N3O6S. The second kappa shape index (κ2) is 10.9.